The zero-order valence-corrected chi connectivity index (χ0v) is 19.3. The van der Waals surface area contributed by atoms with E-state index in [1.807, 2.05) is 37.8 Å². The van der Waals surface area contributed by atoms with Crippen LogP contribution >= 0.6 is 11.6 Å². The van der Waals surface area contributed by atoms with Crippen LogP contribution in [0.1, 0.15) is 27.2 Å². The maximum Gasteiger partial charge on any atom is 0.410 e. The number of carbonyl (C=O) groups excluding carboxylic acids is 1. The normalized spacial score (nSPS) is 19.9. The van der Waals surface area contributed by atoms with Gasteiger partial charge >= 0.3 is 6.09 Å². The molecule has 2 bridgehead atoms. The fourth-order valence-electron chi connectivity index (χ4n) is 4.40. The summed E-state index contributed by atoms with van der Waals surface area (Å²) in [6, 6.07) is 8.75. The molecule has 0 spiro atoms. The summed E-state index contributed by atoms with van der Waals surface area (Å²) in [5.74, 6) is 0.604. The second kappa shape index (κ2) is 7.98. The summed E-state index contributed by atoms with van der Waals surface area (Å²) in [5.41, 5.74) is 0.854. The zero-order valence-electron chi connectivity index (χ0n) is 18.5. The minimum Gasteiger partial charge on any atom is -0.444 e. The van der Waals surface area contributed by atoms with Crippen molar-refractivity contribution in [1.29, 1.82) is 0 Å². The van der Waals surface area contributed by atoms with E-state index in [-0.39, 0.29) is 28.9 Å². The Balaban J connectivity index is 1.39. The molecule has 2 fully saturated rings. The van der Waals surface area contributed by atoms with Crippen molar-refractivity contribution < 1.29 is 13.9 Å². The number of benzene rings is 1. The lowest BCUT2D eigenvalue weighted by molar-refractivity contribution is 0.0214. The number of aromatic nitrogens is 3. The van der Waals surface area contributed by atoms with Gasteiger partial charge in [0, 0.05) is 13.1 Å². The number of piperazine rings is 1. The molecule has 1 N–H and O–H groups in total. The number of nitrogens with one attached hydrogen (secondary N) is 1. The van der Waals surface area contributed by atoms with Crippen molar-refractivity contribution in [1.82, 2.24) is 19.9 Å². The monoisotopic (exact) mass is 470 g/mol. The highest BCUT2D eigenvalue weighted by atomic mass is 35.5. The molecule has 2 aromatic heterocycles. The molecule has 5 rings (SSSR count). The van der Waals surface area contributed by atoms with E-state index in [9.17, 15) is 9.18 Å². The van der Waals surface area contributed by atoms with Gasteiger partial charge in [0.2, 0.25) is 0 Å². The third-order valence-corrected chi connectivity index (χ3v) is 6.13. The Morgan fingerprint density at radius 1 is 1.18 bits per heavy atom. The SMILES string of the molecule is CC(C)(C)OC(=O)N1C[C@@H]2C[C@H]1CN2c1ccc2ncnc(Nc3cccc(Cl)c3F)c2n1. The second-order valence-corrected chi connectivity index (χ2v) is 9.72. The number of pyridine rings is 1. The molecule has 172 valence electrons. The van der Waals surface area contributed by atoms with Crippen LogP contribution in [0.25, 0.3) is 11.0 Å². The highest BCUT2D eigenvalue weighted by Crippen LogP contribution is 2.36. The summed E-state index contributed by atoms with van der Waals surface area (Å²) in [6.45, 7) is 6.86. The number of ether oxygens (including phenoxy) is 1. The van der Waals surface area contributed by atoms with Crippen LogP contribution in [0, 0.1) is 5.82 Å². The van der Waals surface area contributed by atoms with Gasteiger partial charge in [-0.1, -0.05) is 17.7 Å². The van der Waals surface area contributed by atoms with Crippen LogP contribution in [0.2, 0.25) is 5.02 Å². The number of halogens is 2. The van der Waals surface area contributed by atoms with Crippen LogP contribution in [0.4, 0.5) is 26.5 Å². The average Bonchev–Trinajstić information content (AvgIpc) is 3.37. The number of hydrogen-bond acceptors (Lipinski definition) is 7. The van der Waals surface area contributed by atoms with Crippen molar-refractivity contribution in [2.24, 2.45) is 0 Å². The highest BCUT2D eigenvalue weighted by molar-refractivity contribution is 6.31. The molecule has 1 aromatic carbocycles. The lowest BCUT2D eigenvalue weighted by Gasteiger charge is -2.35. The van der Waals surface area contributed by atoms with Crippen molar-refractivity contribution in [3.63, 3.8) is 0 Å². The quantitative estimate of drug-likeness (QED) is 0.590. The van der Waals surface area contributed by atoms with Crippen molar-refractivity contribution >= 4 is 46.1 Å². The maximum atomic E-state index is 14.4. The molecule has 0 radical (unpaired) electrons. The predicted octanol–water partition coefficient (Wildman–Crippen LogP) is 4.76. The molecule has 3 aromatic rings. The number of fused-ring (bicyclic) bond motifs is 3. The Morgan fingerprint density at radius 2 is 2.00 bits per heavy atom. The molecular weight excluding hydrogens is 447 g/mol. The number of rotatable bonds is 3. The van der Waals surface area contributed by atoms with E-state index in [0.29, 0.717) is 29.9 Å². The Bertz CT molecular complexity index is 1230. The molecule has 1 amide bonds. The molecule has 2 saturated heterocycles. The fourth-order valence-corrected chi connectivity index (χ4v) is 4.58. The number of nitrogens with zero attached hydrogens (tertiary/aromatic N) is 5. The van der Waals surface area contributed by atoms with Gasteiger partial charge in [0.15, 0.2) is 11.6 Å². The van der Waals surface area contributed by atoms with Crippen LogP contribution < -0.4 is 10.2 Å². The Kier molecular flexibility index (Phi) is 5.23. The summed E-state index contributed by atoms with van der Waals surface area (Å²) in [6.07, 6.45) is 2.00. The minimum absolute atomic E-state index is 0.0228. The summed E-state index contributed by atoms with van der Waals surface area (Å²) in [5, 5.41) is 3.01. The number of hydrogen-bond donors (Lipinski definition) is 1. The van der Waals surface area contributed by atoms with E-state index in [1.54, 1.807) is 12.1 Å². The minimum atomic E-state index is -0.554. The predicted molar refractivity (Wildman–Crippen MR) is 125 cm³/mol. The third kappa shape index (κ3) is 4.13. The lowest BCUT2D eigenvalue weighted by atomic mass is 10.2. The standard InChI is InChI=1S/C23H24ClFN6O2/c1-23(2,3)33-22(32)31-11-13-9-14(31)10-30(13)18-8-7-17-20(29-18)21(27-12-26-17)28-16-6-4-5-15(24)19(16)25/h4-8,12-14H,9-11H2,1-3H3,(H,26,27,28)/t13-,14-/m0/s1. The lowest BCUT2D eigenvalue weighted by Crippen LogP contribution is -2.50. The molecule has 10 heteroatoms. The second-order valence-electron chi connectivity index (χ2n) is 9.31. The molecule has 0 unspecified atom stereocenters. The number of amides is 1. The number of carbonyl (C=O) groups is 1. The van der Waals surface area contributed by atoms with E-state index in [0.717, 1.165) is 12.2 Å². The molecule has 4 heterocycles. The first-order chi connectivity index (χ1) is 15.7. The van der Waals surface area contributed by atoms with Gasteiger partial charge in [-0.3, -0.25) is 0 Å². The van der Waals surface area contributed by atoms with E-state index >= 15 is 0 Å². The topological polar surface area (TPSA) is 83.5 Å². The summed E-state index contributed by atoms with van der Waals surface area (Å²) in [7, 11) is 0. The van der Waals surface area contributed by atoms with E-state index < -0.39 is 11.4 Å². The molecule has 2 aliphatic rings. The summed E-state index contributed by atoms with van der Waals surface area (Å²) >= 11 is 5.91. The van der Waals surface area contributed by atoms with Crippen molar-refractivity contribution in [2.45, 2.75) is 44.9 Å². The smallest absolute Gasteiger partial charge is 0.410 e. The largest absolute Gasteiger partial charge is 0.444 e. The molecule has 33 heavy (non-hydrogen) atoms. The Labute approximate surface area is 195 Å². The highest BCUT2D eigenvalue weighted by Gasteiger charge is 2.47. The molecule has 0 saturated carbocycles. The van der Waals surface area contributed by atoms with E-state index in [2.05, 4.69) is 20.2 Å². The molecule has 8 nitrogen and oxygen atoms in total. The Morgan fingerprint density at radius 3 is 2.73 bits per heavy atom. The third-order valence-electron chi connectivity index (χ3n) is 5.83. The van der Waals surface area contributed by atoms with Gasteiger partial charge in [-0.15, -0.1) is 0 Å². The molecular formula is C23H24ClFN6O2. The van der Waals surface area contributed by atoms with Gasteiger partial charge in [0.1, 0.15) is 23.3 Å². The number of anilines is 3. The average molecular weight is 471 g/mol. The van der Waals surface area contributed by atoms with E-state index in [1.165, 1.54) is 12.4 Å². The van der Waals surface area contributed by atoms with Crippen molar-refractivity contribution in [3.05, 3.63) is 47.5 Å². The first kappa shape index (κ1) is 21.6. The van der Waals surface area contributed by atoms with Gasteiger partial charge in [-0.05, 0) is 51.5 Å². The zero-order chi connectivity index (χ0) is 23.3. The maximum absolute atomic E-state index is 14.4. The van der Waals surface area contributed by atoms with Gasteiger partial charge in [0.25, 0.3) is 0 Å². The molecule has 2 atom stereocenters. The van der Waals surface area contributed by atoms with Crippen LogP contribution in [0.5, 0.6) is 0 Å². The van der Waals surface area contributed by atoms with Crippen molar-refractivity contribution in [2.75, 3.05) is 23.3 Å². The van der Waals surface area contributed by atoms with Gasteiger partial charge in [0.05, 0.1) is 28.3 Å². The first-order valence-corrected chi connectivity index (χ1v) is 11.2. The van der Waals surface area contributed by atoms with E-state index in [4.69, 9.17) is 21.3 Å². The van der Waals surface area contributed by atoms with Crippen LogP contribution in [-0.4, -0.2) is 56.7 Å². The van der Waals surface area contributed by atoms with Gasteiger partial charge < -0.3 is 19.9 Å². The first-order valence-electron chi connectivity index (χ1n) is 10.8. The van der Waals surface area contributed by atoms with Gasteiger partial charge in [-0.25, -0.2) is 24.1 Å². The van der Waals surface area contributed by atoms with Crippen LogP contribution in [0.3, 0.4) is 0 Å². The van der Waals surface area contributed by atoms with Crippen molar-refractivity contribution in [3.8, 4) is 0 Å². The van der Waals surface area contributed by atoms with Crippen LogP contribution in [0.15, 0.2) is 36.7 Å². The van der Waals surface area contributed by atoms with Gasteiger partial charge in [-0.2, -0.15) is 0 Å². The van der Waals surface area contributed by atoms with Crippen LogP contribution in [-0.2, 0) is 4.74 Å². The molecule has 2 aliphatic heterocycles. The number of likely N-dealkylation sites (tertiary alicyclic amines) is 1. The Hall–Kier alpha value is -3.20. The summed E-state index contributed by atoms with van der Waals surface area (Å²) in [4.78, 5) is 29.9. The summed E-state index contributed by atoms with van der Waals surface area (Å²) < 4.78 is 20.0. The fraction of sp³-hybridized carbons (Fsp3) is 0.391. The molecule has 0 aliphatic carbocycles.